The van der Waals surface area contributed by atoms with Crippen LogP contribution >= 0.6 is 0 Å². The quantitative estimate of drug-likeness (QED) is 0.0989. The lowest BCUT2D eigenvalue weighted by molar-refractivity contribution is -0.135. The Balaban J connectivity index is 1.20. The van der Waals surface area contributed by atoms with E-state index < -0.39 is 29.9 Å². The van der Waals surface area contributed by atoms with E-state index in [1.807, 2.05) is 62.4 Å². The second-order valence-corrected chi connectivity index (χ2v) is 15.9. The molecule has 0 bridgehead atoms. The number of methoxy groups -OCH3 is 2. The fourth-order valence-corrected chi connectivity index (χ4v) is 6.55. The summed E-state index contributed by atoms with van der Waals surface area (Å²) in [4.78, 5) is 83.1. The zero-order valence-electron chi connectivity index (χ0n) is 36.0. The predicted octanol–water partition coefficient (Wildman–Crippen LogP) is 5.46. The average Bonchev–Trinajstić information content (AvgIpc) is 4.04. The number of amides is 5. The Morgan fingerprint density at radius 1 is 0.869 bits per heavy atom. The average molecular weight is 838 g/mol. The smallest absolute Gasteiger partial charge is 0.410 e. The van der Waals surface area contributed by atoms with E-state index in [9.17, 15) is 24.0 Å². The number of aromatic amines is 2. The van der Waals surface area contributed by atoms with Crippen molar-refractivity contribution < 1.29 is 38.2 Å². The first-order valence-electron chi connectivity index (χ1n) is 20.1. The molecule has 17 heteroatoms. The number of nitrogens with one attached hydrogen (secondary N) is 4. The van der Waals surface area contributed by atoms with Gasteiger partial charge in [-0.05, 0) is 74.9 Å². The zero-order valence-corrected chi connectivity index (χ0v) is 36.0. The molecule has 5 rings (SSSR count). The van der Waals surface area contributed by atoms with Gasteiger partial charge in [0.05, 0.1) is 50.6 Å². The van der Waals surface area contributed by atoms with Crippen molar-refractivity contribution in [2.75, 3.05) is 47.4 Å². The molecule has 0 aliphatic carbocycles. The molecule has 3 heterocycles. The topological polar surface area (TPSA) is 204 Å². The fourth-order valence-electron chi connectivity index (χ4n) is 6.55. The summed E-state index contributed by atoms with van der Waals surface area (Å²) in [5, 5.41) is 5.08. The number of hydrogen-bond donors (Lipinski definition) is 4. The Morgan fingerprint density at radius 3 is 2.03 bits per heavy atom. The molecule has 1 saturated heterocycles. The molecule has 0 radical (unpaired) electrons. The molecule has 2 aromatic heterocycles. The molecule has 324 valence electrons. The number of ether oxygens (including phenoxy) is 3. The summed E-state index contributed by atoms with van der Waals surface area (Å²) in [5.74, 6) is 6.97. The Hall–Kier alpha value is -6.83. The Bertz CT molecular complexity index is 2210. The van der Waals surface area contributed by atoms with Crippen LogP contribution in [0, 0.1) is 17.8 Å². The SMILES string of the molecule is COC(=O)NCC(=O)N(CCN(C)C(=O)OC(C)(C)C)Cc1ncc(-c2ccc(C#Cc3ccc(-c4cnc([C@@H]5CCCN5C(=O)[C@@H](NC(=O)OC)C(C)C)[nH]4)cc3)cc2)[nH]1. The van der Waals surface area contributed by atoms with Gasteiger partial charge in [-0.3, -0.25) is 9.59 Å². The van der Waals surface area contributed by atoms with Gasteiger partial charge >= 0.3 is 18.3 Å². The van der Waals surface area contributed by atoms with Crippen LogP contribution in [0.15, 0.2) is 60.9 Å². The molecule has 1 fully saturated rings. The molecular weight excluding hydrogens is 783 g/mol. The number of benzene rings is 2. The van der Waals surface area contributed by atoms with Crippen molar-refractivity contribution in [1.82, 2.24) is 45.3 Å². The molecule has 1 aliphatic rings. The van der Waals surface area contributed by atoms with Crippen LogP contribution in [0.4, 0.5) is 14.4 Å². The minimum absolute atomic E-state index is 0.102. The van der Waals surface area contributed by atoms with Gasteiger partial charge in [0.25, 0.3) is 0 Å². The van der Waals surface area contributed by atoms with Gasteiger partial charge in [-0.1, -0.05) is 50.0 Å². The van der Waals surface area contributed by atoms with Gasteiger partial charge in [-0.2, -0.15) is 0 Å². The number of alkyl carbamates (subject to hydrolysis) is 2. The molecule has 0 spiro atoms. The van der Waals surface area contributed by atoms with Crippen LogP contribution < -0.4 is 10.6 Å². The summed E-state index contributed by atoms with van der Waals surface area (Å²) < 4.78 is 14.8. The molecule has 1 aliphatic heterocycles. The van der Waals surface area contributed by atoms with Crippen molar-refractivity contribution in [3.63, 3.8) is 0 Å². The summed E-state index contributed by atoms with van der Waals surface area (Å²) in [5.41, 5.74) is 4.32. The predicted molar refractivity (Wildman–Crippen MR) is 227 cm³/mol. The third-order valence-electron chi connectivity index (χ3n) is 9.88. The molecule has 5 amide bonds. The lowest BCUT2D eigenvalue weighted by atomic mass is 10.0. The summed E-state index contributed by atoms with van der Waals surface area (Å²) >= 11 is 0. The molecule has 0 saturated carbocycles. The van der Waals surface area contributed by atoms with Gasteiger partial charge in [0.15, 0.2) is 0 Å². The lowest BCUT2D eigenvalue weighted by Gasteiger charge is -2.30. The number of likely N-dealkylation sites (tertiary alicyclic amines) is 1. The number of nitrogens with zero attached hydrogens (tertiary/aromatic N) is 5. The highest BCUT2D eigenvalue weighted by atomic mass is 16.6. The Labute approximate surface area is 355 Å². The maximum Gasteiger partial charge on any atom is 0.410 e. The molecule has 4 aromatic rings. The van der Waals surface area contributed by atoms with Gasteiger partial charge < -0.3 is 49.5 Å². The maximum absolute atomic E-state index is 13.5. The van der Waals surface area contributed by atoms with Crippen molar-refractivity contribution in [1.29, 1.82) is 0 Å². The normalized spacial score (nSPS) is 14.0. The molecule has 0 unspecified atom stereocenters. The van der Waals surface area contributed by atoms with Crippen molar-refractivity contribution in [3.05, 3.63) is 83.7 Å². The van der Waals surface area contributed by atoms with E-state index in [2.05, 4.69) is 47.1 Å². The minimum atomic E-state index is -0.733. The van der Waals surface area contributed by atoms with E-state index in [0.717, 1.165) is 46.5 Å². The van der Waals surface area contributed by atoms with E-state index in [1.54, 1.807) is 45.1 Å². The lowest BCUT2D eigenvalue weighted by Crippen LogP contribution is -2.51. The number of rotatable bonds is 13. The van der Waals surface area contributed by atoms with Crippen LogP contribution in [0.1, 0.15) is 76.3 Å². The second-order valence-electron chi connectivity index (χ2n) is 15.9. The first-order valence-corrected chi connectivity index (χ1v) is 20.1. The van der Waals surface area contributed by atoms with Gasteiger partial charge in [0.1, 0.15) is 29.8 Å². The van der Waals surface area contributed by atoms with Crippen molar-refractivity contribution >= 4 is 30.1 Å². The third-order valence-corrected chi connectivity index (χ3v) is 9.88. The molecule has 2 atom stereocenters. The first-order chi connectivity index (χ1) is 29.0. The number of likely N-dealkylation sites (N-methyl/N-ethyl adjacent to an activating group) is 1. The van der Waals surface area contributed by atoms with Gasteiger partial charge in [-0.25, -0.2) is 24.4 Å². The van der Waals surface area contributed by atoms with E-state index in [4.69, 9.17) is 9.47 Å². The summed E-state index contributed by atoms with van der Waals surface area (Å²) in [7, 11) is 4.08. The van der Waals surface area contributed by atoms with E-state index >= 15 is 0 Å². The summed E-state index contributed by atoms with van der Waals surface area (Å²) in [6.07, 6.45) is 3.15. The zero-order chi connectivity index (χ0) is 44.3. The molecule has 2 aromatic carbocycles. The number of carbonyl (C=O) groups excluding carboxylic acids is 5. The van der Waals surface area contributed by atoms with E-state index in [-0.39, 0.29) is 50.0 Å². The van der Waals surface area contributed by atoms with Crippen molar-refractivity contribution in [2.45, 2.75) is 71.7 Å². The largest absolute Gasteiger partial charge is 0.453 e. The number of hydrogen-bond acceptors (Lipinski definition) is 10. The van der Waals surface area contributed by atoms with Crippen LogP contribution in [0.25, 0.3) is 22.5 Å². The van der Waals surface area contributed by atoms with Crippen LogP contribution in [0.2, 0.25) is 0 Å². The first kappa shape index (κ1) is 45.3. The van der Waals surface area contributed by atoms with Crippen LogP contribution in [-0.4, -0.2) is 124 Å². The van der Waals surface area contributed by atoms with E-state index in [0.29, 0.717) is 18.2 Å². The van der Waals surface area contributed by atoms with Crippen molar-refractivity contribution in [3.8, 4) is 34.4 Å². The van der Waals surface area contributed by atoms with Gasteiger partial charge in [0.2, 0.25) is 11.8 Å². The molecule has 4 N–H and O–H groups in total. The second kappa shape index (κ2) is 20.4. The van der Waals surface area contributed by atoms with Gasteiger partial charge in [-0.15, -0.1) is 0 Å². The number of H-pyrrole nitrogens is 2. The summed E-state index contributed by atoms with van der Waals surface area (Å²) in [6.45, 7) is 9.84. The van der Waals surface area contributed by atoms with Crippen LogP contribution in [0.3, 0.4) is 0 Å². The van der Waals surface area contributed by atoms with Crippen LogP contribution in [-0.2, 0) is 30.3 Å². The number of imidazole rings is 2. The number of carbonyl (C=O) groups is 5. The Kier molecular flexibility index (Phi) is 15.2. The monoisotopic (exact) mass is 837 g/mol. The molecular formula is C44H55N9O8. The van der Waals surface area contributed by atoms with Gasteiger partial charge in [0, 0.05) is 37.8 Å². The summed E-state index contributed by atoms with van der Waals surface area (Å²) in [6, 6.07) is 14.6. The highest BCUT2D eigenvalue weighted by Gasteiger charge is 2.37. The fraction of sp³-hybridized carbons (Fsp3) is 0.432. The number of aromatic nitrogens is 4. The van der Waals surface area contributed by atoms with E-state index in [1.165, 1.54) is 24.0 Å². The standard InChI is InChI=1S/C44H55N9O8/c1-28(2)38(50-42(57)60-8)40(55)53-21-9-10-35(53)39-46-25-34(49-39)32-19-15-30(16-20-32)12-11-29-13-17-31(18-14-29)33-24-45-36(48-33)27-52(37(54)26-47-41(56)59-7)23-22-51(6)43(58)61-44(3,4)5/h13-20,24-25,28,35,38H,9-10,21-23,26-27H2,1-8H3,(H,45,48)(H,46,49)(H,47,56)(H,50,57)/t35-,38-/m0/s1. The molecule has 61 heavy (non-hydrogen) atoms. The highest BCUT2D eigenvalue weighted by Crippen LogP contribution is 2.33. The third kappa shape index (κ3) is 12.6. The molecule has 17 nitrogen and oxygen atoms in total. The highest BCUT2D eigenvalue weighted by molar-refractivity contribution is 5.86. The minimum Gasteiger partial charge on any atom is -0.453 e. The van der Waals surface area contributed by atoms with Crippen molar-refractivity contribution in [2.24, 2.45) is 5.92 Å². The van der Waals surface area contributed by atoms with Crippen LogP contribution in [0.5, 0.6) is 0 Å². The Morgan fingerprint density at radius 2 is 1.46 bits per heavy atom. The maximum atomic E-state index is 13.5.